The molecular weight excluding hydrogens is 384 g/mol. The van der Waals surface area contributed by atoms with Crippen molar-refractivity contribution in [1.82, 2.24) is 19.9 Å². The van der Waals surface area contributed by atoms with E-state index in [1.54, 1.807) is 12.7 Å². The fourth-order valence-corrected chi connectivity index (χ4v) is 2.87. The smallest absolute Gasteiger partial charge is 0.127 e. The third-order valence-corrected chi connectivity index (χ3v) is 4.38. The van der Waals surface area contributed by atoms with Gasteiger partial charge in [0.25, 0.3) is 0 Å². The lowest BCUT2D eigenvalue weighted by molar-refractivity contribution is 0.482. The molecule has 0 saturated heterocycles. The van der Waals surface area contributed by atoms with Crippen molar-refractivity contribution in [3.63, 3.8) is 0 Å². The number of hydrogen-bond donors (Lipinski definition) is 2. The van der Waals surface area contributed by atoms with Gasteiger partial charge < -0.3 is 14.7 Å². The molecule has 5 heteroatoms. The second kappa shape index (κ2) is 10.4. The van der Waals surface area contributed by atoms with Crippen molar-refractivity contribution in [2.45, 2.75) is 0 Å². The summed E-state index contributed by atoms with van der Waals surface area (Å²) in [5, 5.41) is 0. The van der Waals surface area contributed by atoms with Gasteiger partial charge in [0.1, 0.15) is 11.5 Å². The van der Waals surface area contributed by atoms with E-state index < -0.39 is 0 Å². The topological polar surface area (TPSA) is 66.6 Å². The van der Waals surface area contributed by atoms with Crippen LogP contribution in [0.15, 0.2) is 122 Å². The van der Waals surface area contributed by atoms with Crippen molar-refractivity contribution < 1.29 is 4.74 Å². The number of para-hydroxylation sites is 6. The molecule has 2 heterocycles. The molecule has 0 aliphatic rings. The summed E-state index contributed by atoms with van der Waals surface area (Å²) in [6, 6.07) is 35.4. The minimum atomic E-state index is 0.869. The molecule has 0 unspecified atom stereocenters. The summed E-state index contributed by atoms with van der Waals surface area (Å²) >= 11 is 0. The van der Waals surface area contributed by atoms with Crippen LogP contribution < -0.4 is 4.74 Å². The zero-order valence-corrected chi connectivity index (χ0v) is 16.8. The zero-order valence-electron chi connectivity index (χ0n) is 16.8. The Morgan fingerprint density at radius 3 is 1.26 bits per heavy atom. The van der Waals surface area contributed by atoms with Crippen LogP contribution in [0.25, 0.3) is 22.1 Å². The number of rotatable bonds is 2. The first kappa shape index (κ1) is 19.9. The maximum atomic E-state index is 5.58. The van der Waals surface area contributed by atoms with Crippen molar-refractivity contribution in [2.75, 3.05) is 0 Å². The predicted molar refractivity (Wildman–Crippen MR) is 125 cm³/mol. The lowest BCUT2D eigenvalue weighted by atomic mass is 10.3. The van der Waals surface area contributed by atoms with E-state index in [0.717, 1.165) is 33.6 Å². The van der Waals surface area contributed by atoms with Crippen LogP contribution in [0.1, 0.15) is 0 Å². The van der Waals surface area contributed by atoms with Gasteiger partial charge in [0, 0.05) is 0 Å². The first-order valence-electron chi connectivity index (χ1n) is 9.93. The van der Waals surface area contributed by atoms with E-state index in [1.165, 1.54) is 0 Å². The average molecular weight is 406 g/mol. The number of benzene rings is 4. The van der Waals surface area contributed by atoms with E-state index in [4.69, 9.17) is 4.74 Å². The number of ether oxygens (including phenoxy) is 1. The van der Waals surface area contributed by atoms with E-state index in [2.05, 4.69) is 19.9 Å². The molecule has 31 heavy (non-hydrogen) atoms. The average Bonchev–Trinajstić information content (AvgIpc) is 3.51. The molecule has 0 fully saturated rings. The van der Waals surface area contributed by atoms with Crippen LogP contribution in [0.3, 0.4) is 0 Å². The van der Waals surface area contributed by atoms with Gasteiger partial charge in [0.2, 0.25) is 0 Å². The number of imidazole rings is 2. The van der Waals surface area contributed by atoms with Crippen molar-refractivity contribution in [3.8, 4) is 11.5 Å². The SMILES string of the molecule is c1ccc(Oc2ccccc2)cc1.c1ccc2[nH]cnc2c1.c1ccc2[nH]cnc2c1. The normalized spacial score (nSPS) is 9.94. The third-order valence-electron chi connectivity index (χ3n) is 4.38. The predicted octanol–water partition coefficient (Wildman–Crippen LogP) is 6.60. The second-order valence-electron chi connectivity index (χ2n) is 6.57. The molecule has 0 aliphatic carbocycles. The quantitative estimate of drug-likeness (QED) is 0.340. The highest BCUT2D eigenvalue weighted by Crippen LogP contribution is 2.19. The highest BCUT2D eigenvalue weighted by molar-refractivity contribution is 5.74. The molecule has 5 nitrogen and oxygen atoms in total. The Morgan fingerprint density at radius 1 is 0.452 bits per heavy atom. The minimum absolute atomic E-state index is 0.869. The molecule has 0 radical (unpaired) electrons. The van der Waals surface area contributed by atoms with Crippen molar-refractivity contribution in [1.29, 1.82) is 0 Å². The molecule has 0 spiro atoms. The lowest BCUT2D eigenvalue weighted by Crippen LogP contribution is -1.81. The van der Waals surface area contributed by atoms with E-state index in [-0.39, 0.29) is 0 Å². The first-order valence-corrected chi connectivity index (χ1v) is 9.93. The fourth-order valence-electron chi connectivity index (χ4n) is 2.87. The maximum Gasteiger partial charge on any atom is 0.127 e. The second-order valence-corrected chi connectivity index (χ2v) is 6.57. The highest BCUT2D eigenvalue weighted by atomic mass is 16.5. The number of H-pyrrole nitrogens is 2. The number of nitrogens with one attached hydrogen (secondary N) is 2. The van der Waals surface area contributed by atoms with E-state index in [0.29, 0.717) is 0 Å². The van der Waals surface area contributed by atoms with Crippen LogP contribution in [-0.4, -0.2) is 19.9 Å². The molecule has 6 aromatic rings. The third kappa shape index (κ3) is 5.81. The molecule has 4 aromatic carbocycles. The number of hydrogen-bond acceptors (Lipinski definition) is 3. The Hall–Kier alpha value is -4.38. The molecule has 0 aliphatic heterocycles. The van der Waals surface area contributed by atoms with Gasteiger partial charge in [-0.3, -0.25) is 0 Å². The van der Waals surface area contributed by atoms with Gasteiger partial charge in [-0.2, -0.15) is 0 Å². The number of fused-ring (bicyclic) bond motifs is 2. The molecule has 2 N–H and O–H groups in total. The van der Waals surface area contributed by atoms with Gasteiger partial charge in [-0.05, 0) is 48.5 Å². The minimum Gasteiger partial charge on any atom is -0.457 e. The summed E-state index contributed by atoms with van der Waals surface area (Å²) in [5.41, 5.74) is 4.24. The monoisotopic (exact) mass is 406 g/mol. The Morgan fingerprint density at radius 2 is 0.839 bits per heavy atom. The van der Waals surface area contributed by atoms with Gasteiger partial charge >= 0.3 is 0 Å². The molecule has 6 rings (SSSR count). The molecule has 152 valence electrons. The van der Waals surface area contributed by atoms with Crippen molar-refractivity contribution in [2.24, 2.45) is 0 Å². The zero-order chi connectivity index (χ0) is 21.1. The maximum absolute atomic E-state index is 5.58. The Balaban J connectivity index is 0.000000115. The number of nitrogens with zero attached hydrogens (tertiary/aromatic N) is 2. The van der Waals surface area contributed by atoms with Crippen molar-refractivity contribution >= 4 is 22.1 Å². The molecular formula is C26H22N4O. The molecule has 0 bridgehead atoms. The first-order chi connectivity index (χ1) is 15.4. The van der Waals surface area contributed by atoms with Gasteiger partial charge in [0.15, 0.2) is 0 Å². The molecule has 0 saturated carbocycles. The fraction of sp³-hybridized carbons (Fsp3) is 0. The summed E-state index contributed by atoms with van der Waals surface area (Å²) in [7, 11) is 0. The van der Waals surface area contributed by atoms with Crippen LogP contribution >= 0.6 is 0 Å². The molecule has 0 amide bonds. The van der Waals surface area contributed by atoms with E-state index in [9.17, 15) is 0 Å². The van der Waals surface area contributed by atoms with Crippen LogP contribution in [0.5, 0.6) is 11.5 Å². The number of aromatic nitrogens is 4. The van der Waals surface area contributed by atoms with Gasteiger partial charge in [-0.25, -0.2) is 9.97 Å². The van der Waals surface area contributed by atoms with Crippen molar-refractivity contribution in [3.05, 3.63) is 122 Å². The summed E-state index contributed by atoms with van der Waals surface area (Å²) in [6.07, 6.45) is 3.40. The summed E-state index contributed by atoms with van der Waals surface area (Å²) in [5.74, 6) is 1.74. The van der Waals surface area contributed by atoms with Gasteiger partial charge in [-0.1, -0.05) is 60.7 Å². The lowest BCUT2D eigenvalue weighted by Gasteiger charge is -2.03. The summed E-state index contributed by atoms with van der Waals surface area (Å²) in [4.78, 5) is 14.1. The van der Waals surface area contributed by atoms with Gasteiger partial charge in [-0.15, -0.1) is 0 Å². The highest BCUT2D eigenvalue weighted by Gasteiger charge is 1.92. The Bertz CT molecular complexity index is 1150. The van der Waals surface area contributed by atoms with Crippen LogP contribution in [0.4, 0.5) is 0 Å². The largest absolute Gasteiger partial charge is 0.457 e. The van der Waals surface area contributed by atoms with Crippen LogP contribution in [0.2, 0.25) is 0 Å². The summed E-state index contributed by atoms with van der Waals surface area (Å²) < 4.78 is 5.58. The standard InChI is InChI=1S/C12H10O.2C7H6N2/c1-3-7-11(8-4-1)13-12-9-5-2-6-10-12;2*1-2-4-7-6(3-1)8-5-9-7/h1-10H;2*1-5H,(H,8,9). The van der Waals surface area contributed by atoms with E-state index >= 15 is 0 Å². The molecule has 0 atom stereocenters. The van der Waals surface area contributed by atoms with Crippen LogP contribution in [-0.2, 0) is 0 Å². The van der Waals surface area contributed by atoms with E-state index in [1.807, 2.05) is 109 Å². The number of aromatic amines is 2. The Kier molecular flexibility index (Phi) is 6.69. The summed E-state index contributed by atoms with van der Waals surface area (Å²) in [6.45, 7) is 0. The van der Waals surface area contributed by atoms with Crippen LogP contribution in [0, 0.1) is 0 Å². The Labute approximate surface area is 180 Å². The molecule has 2 aromatic heterocycles. The van der Waals surface area contributed by atoms with Gasteiger partial charge in [0.05, 0.1) is 34.7 Å².